The lowest BCUT2D eigenvalue weighted by Gasteiger charge is -2.14. The summed E-state index contributed by atoms with van der Waals surface area (Å²) in [5.74, 6) is -1.25. The first-order valence-corrected chi connectivity index (χ1v) is 7.30. The molecule has 17 heavy (non-hydrogen) atoms. The van der Waals surface area contributed by atoms with Crippen LogP contribution in [0.3, 0.4) is 0 Å². The summed E-state index contributed by atoms with van der Waals surface area (Å²) in [7, 11) is -2.05. The molecule has 102 valence electrons. The molecule has 0 rings (SSSR count). The zero-order valence-corrected chi connectivity index (χ0v) is 11.1. The minimum atomic E-state index is -3.54. The SMILES string of the molecule is CCCCC(NS(=O)(=O)CCCOC)C(=O)O. The standard InChI is InChI=1S/C10H21NO5S/c1-3-4-6-9(10(12)13)11-17(14,15)8-5-7-16-2/h9,11H,3-8H2,1-2H3,(H,12,13). The van der Waals surface area contributed by atoms with E-state index in [1.54, 1.807) is 0 Å². The number of nitrogens with one attached hydrogen (secondary N) is 1. The van der Waals surface area contributed by atoms with Gasteiger partial charge in [-0.3, -0.25) is 4.79 Å². The van der Waals surface area contributed by atoms with Gasteiger partial charge in [-0.1, -0.05) is 19.8 Å². The summed E-state index contributed by atoms with van der Waals surface area (Å²) >= 11 is 0. The summed E-state index contributed by atoms with van der Waals surface area (Å²) in [6.45, 7) is 2.26. The molecular formula is C10H21NO5S. The lowest BCUT2D eigenvalue weighted by Crippen LogP contribution is -2.41. The zero-order chi connectivity index (χ0) is 13.3. The van der Waals surface area contributed by atoms with E-state index in [1.807, 2.05) is 6.92 Å². The van der Waals surface area contributed by atoms with E-state index in [9.17, 15) is 13.2 Å². The number of methoxy groups -OCH3 is 1. The van der Waals surface area contributed by atoms with Crippen LogP contribution in [0.5, 0.6) is 0 Å². The van der Waals surface area contributed by atoms with Crippen molar-refractivity contribution in [3.05, 3.63) is 0 Å². The molecule has 0 aliphatic carbocycles. The van der Waals surface area contributed by atoms with Gasteiger partial charge in [0.2, 0.25) is 10.0 Å². The number of ether oxygens (including phenoxy) is 1. The van der Waals surface area contributed by atoms with Crippen LogP contribution in [0.2, 0.25) is 0 Å². The third-order valence-electron chi connectivity index (χ3n) is 2.23. The van der Waals surface area contributed by atoms with E-state index in [0.29, 0.717) is 25.9 Å². The second kappa shape index (κ2) is 8.43. The topological polar surface area (TPSA) is 92.7 Å². The summed E-state index contributed by atoms with van der Waals surface area (Å²) in [4.78, 5) is 10.9. The first kappa shape index (κ1) is 16.3. The molecule has 0 aromatic heterocycles. The smallest absolute Gasteiger partial charge is 0.321 e. The monoisotopic (exact) mass is 267 g/mol. The average molecular weight is 267 g/mol. The highest BCUT2D eigenvalue weighted by atomic mass is 32.2. The van der Waals surface area contributed by atoms with Crippen LogP contribution < -0.4 is 4.72 Å². The molecule has 1 unspecified atom stereocenters. The minimum absolute atomic E-state index is 0.114. The van der Waals surface area contributed by atoms with E-state index < -0.39 is 22.0 Å². The van der Waals surface area contributed by atoms with Gasteiger partial charge in [0.25, 0.3) is 0 Å². The molecule has 2 N–H and O–H groups in total. The zero-order valence-electron chi connectivity index (χ0n) is 10.3. The van der Waals surface area contributed by atoms with E-state index >= 15 is 0 Å². The highest BCUT2D eigenvalue weighted by Crippen LogP contribution is 2.03. The van der Waals surface area contributed by atoms with Crippen LogP contribution in [0.4, 0.5) is 0 Å². The van der Waals surface area contributed by atoms with Gasteiger partial charge in [0.1, 0.15) is 6.04 Å². The van der Waals surface area contributed by atoms with E-state index in [1.165, 1.54) is 7.11 Å². The number of carboxylic acid groups (broad SMARTS) is 1. The number of rotatable bonds is 10. The Kier molecular flexibility index (Phi) is 8.11. The first-order chi connectivity index (χ1) is 7.93. The third kappa shape index (κ3) is 8.12. The van der Waals surface area contributed by atoms with Gasteiger partial charge in [0.05, 0.1) is 5.75 Å². The second-order valence-electron chi connectivity index (χ2n) is 3.82. The number of carboxylic acids is 1. The summed E-state index contributed by atoms with van der Waals surface area (Å²) < 4.78 is 30.1. The Labute approximate surface area is 102 Å². The second-order valence-corrected chi connectivity index (χ2v) is 5.69. The molecule has 7 heteroatoms. The molecule has 0 bridgehead atoms. The van der Waals surface area contributed by atoms with Crippen LogP contribution in [0.1, 0.15) is 32.6 Å². The number of unbranched alkanes of at least 4 members (excludes halogenated alkanes) is 1. The van der Waals surface area contributed by atoms with Crippen molar-refractivity contribution in [3.63, 3.8) is 0 Å². The Bertz CT molecular complexity index is 315. The Balaban J connectivity index is 4.27. The molecule has 0 aromatic carbocycles. The third-order valence-corrected chi connectivity index (χ3v) is 3.70. The lowest BCUT2D eigenvalue weighted by molar-refractivity contribution is -0.139. The summed E-state index contributed by atoms with van der Waals surface area (Å²) in [6.07, 6.45) is 2.17. The number of aliphatic carboxylic acids is 1. The van der Waals surface area contributed by atoms with Crippen LogP contribution in [-0.4, -0.2) is 45.0 Å². The van der Waals surface area contributed by atoms with Crippen molar-refractivity contribution in [2.24, 2.45) is 0 Å². The number of carbonyl (C=O) groups is 1. The molecule has 0 aliphatic rings. The van der Waals surface area contributed by atoms with Crippen molar-refractivity contribution >= 4 is 16.0 Å². The predicted octanol–water partition coefficient (Wildman–Crippen LogP) is 0.586. The molecule has 0 saturated carbocycles. The van der Waals surface area contributed by atoms with Crippen LogP contribution >= 0.6 is 0 Å². The molecule has 0 aromatic rings. The van der Waals surface area contributed by atoms with Crippen molar-refractivity contribution < 1.29 is 23.1 Å². The Hall–Kier alpha value is -0.660. The number of hydrogen-bond donors (Lipinski definition) is 2. The van der Waals surface area contributed by atoms with Crippen LogP contribution in [0.15, 0.2) is 0 Å². The van der Waals surface area contributed by atoms with E-state index in [4.69, 9.17) is 9.84 Å². The van der Waals surface area contributed by atoms with Crippen molar-refractivity contribution in [1.82, 2.24) is 4.72 Å². The van der Waals surface area contributed by atoms with Gasteiger partial charge in [-0.05, 0) is 12.8 Å². The fraction of sp³-hybridized carbons (Fsp3) is 0.900. The van der Waals surface area contributed by atoms with Gasteiger partial charge in [0, 0.05) is 13.7 Å². The molecule has 0 spiro atoms. The lowest BCUT2D eigenvalue weighted by atomic mass is 10.1. The summed E-state index contributed by atoms with van der Waals surface area (Å²) in [5.41, 5.74) is 0. The average Bonchev–Trinajstić information content (AvgIpc) is 2.24. The normalized spacial score (nSPS) is 13.5. The van der Waals surface area contributed by atoms with Gasteiger partial charge in [-0.25, -0.2) is 13.1 Å². The first-order valence-electron chi connectivity index (χ1n) is 5.64. The van der Waals surface area contributed by atoms with Gasteiger partial charge >= 0.3 is 5.97 Å². The molecule has 0 radical (unpaired) electrons. The molecule has 0 fully saturated rings. The molecule has 6 nitrogen and oxygen atoms in total. The van der Waals surface area contributed by atoms with Crippen LogP contribution in [0.25, 0.3) is 0 Å². The van der Waals surface area contributed by atoms with E-state index in [2.05, 4.69) is 4.72 Å². The summed E-state index contributed by atoms with van der Waals surface area (Å²) in [6, 6.07) is -1.03. The predicted molar refractivity (Wildman–Crippen MR) is 64.4 cm³/mol. The van der Waals surface area contributed by atoms with E-state index in [0.717, 1.165) is 6.42 Å². The molecule has 0 aliphatic heterocycles. The van der Waals surface area contributed by atoms with Crippen molar-refractivity contribution in [2.45, 2.75) is 38.6 Å². The van der Waals surface area contributed by atoms with Gasteiger partial charge in [-0.2, -0.15) is 0 Å². The largest absolute Gasteiger partial charge is 0.480 e. The molecule has 0 heterocycles. The fourth-order valence-corrected chi connectivity index (χ4v) is 2.58. The summed E-state index contributed by atoms with van der Waals surface area (Å²) in [5, 5.41) is 8.88. The highest BCUT2D eigenvalue weighted by molar-refractivity contribution is 7.89. The fourth-order valence-electron chi connectivity index (χ4n) is 1.31. The van der Waals surface area contributed by atoms with Crippen molar-refractivity contribution in [1.29, 1.82) is 0 Å². The molecule has 0 saturated heterocycles. The van der Waals surface area contributed by atoms with Gasteiger partial charge in [-0.15, -0.1) is 0 Å². The highest BCUT2D eigenvalue weighted by Gasteiger charge is 2.22. The molecular weight excluding hydrogens is 246 g/mol. The van der Waals surface area contributed by atoms with Crippen LogP contribution in [-0.2, 0) is 19.6 Å². The molecule has 1 atom stereocenters. The Morgan fingerprint density at radius 1 is 1.41 bits per heavy atom. The Morgan fingerprint density at radius 3 is 2.53 bits per heavy atom. The quantitative estimate of drug-likeness (QED) is 0.565. The maximum absolute atomic E-state index is 11.6. The number of hydrogen-bond acceptors (Lipinski definition) is 4. The van der Waals surface area contributed by atoms with Crippen LogP contribution in [0, 0.1) is 0 Å². The van der Waals surface area contributed by atoms with Crippen molar-refractivity contribution in [3.8, 4) is 0 Å². The van der Waals surface area contributed by atoms with Gasteiger partial charge < -0.3 is 9.84 Å². The van der Waals surface area contributed by atoms with Gasteiger partial charge in [0.15, 0.2) is 0 Å². The number of sulfonamides is 1. The maximum Gasteiger partial charge on any atom is 0.321 e. The Morgan fingerprint density at radius 2 is 2.06 bits per heavy atom. The maximum atomic E-state index is 11.6. The molecule has 0 amide bonds. The van der Waals surface area contributed by atoms with Crippen molar-refractivity contribution in [2.75, 3.05) is 19.5 Å². The van der Waals surface area contributed by atoms with E-state index in [-0.39, 0.29) is 5.75 Å². The minimum Gasteiger partial charge on any atom is -0.480 e.